The lowest BCUT2D eigenvalue weighted by atomic mass is 9.43. The van der Waals surface area contributed by atoms with Crippen LogP contribution in [0.15, 0.2) is 24.3 Å². The van der Waals surface area contributed by atoms with Gasteiger partial charge in [-0.15, -0.1) is 0 Å². The molecule has 1 aromatic carbocycles. The Balaban J connectivity index is 1.04. The number of anilines is 1. The summed E-state index contributed by atoms with van der Waals surface area (Å²) in [4.78, 5) is 15.0. The molecule has 0 radical (unpaired) electrons. The van der Waals surface area contributed by atoms with Gasteiger partial charge in [-0.3, -0.25) is 9.69 Å². The van der Waals surface area contributed by atoms with Gasteiger partial charge in [0.05, 0.1) is 26.4 Å². The normalized spacial score (nSPS) is 32.2. The number of hydrogen-bond donors (Lipinski definition) is 2. The fourth-order valence-electron chi connectivity index (χ4n) is 6.80. The Bertz CT molecular complexity index is 766. The molecule has 5 aliphatic rings. The van der Waals surface area contributed by atoms with Crippen molar-refractivity contribution in [3.8, 4) is 5.75 Å². The number of morpholine rings is 1. The minimum absolute atomic E-state index is 0.0375. The van der Waals surface area contributed by atoms with E-state index in [4.69, 9.17) is 9.47 Å². The van der Waals surface area contributed by atoms with E-state index < -0.39 is 0 Å². The molecule has 1 spiro atoms. The lowest BCUT2D eigenvalue weighted by molar-refractivity contribution is -0.123. The molecule has 2 N–H and O–H groups in total. The third-order valence-corrected chi connectivity index (χ3v) is 7.88. The van der Waals surface area contributed by atoms with Gasteiger partial charge in [-0.25, -0.2) is 0 Å². The van der Waals surface area contributed by atoms with Crippen LogP contribution in [0.4, 0.5) is 5.69 Å². The highest BCUT2D eigenvalue weighted by atomic mass is 16.5. The maximum absolute atomic E-state index is 12.6. The van der Waals surface area contributed by atoms with E-state index in [1.807, 2.05) is 24.3 Å². The molecule has 4 aliphatic carbocycles. The van der Waals surface area contributed by atoms with Crippen molar-refractivity contribution in [2.75, 3.05) is 51.3 Å². The predicted molar refractivity (Wildman–Crippen MR) is 121 cm³/mol. The molecule has 31 heavy (non-hydrogen) atoms. The van der Waals surface area contributed by atoms with Crippen LogP contribution in [0.5, 0.6) is 5.75 Å². The van der Waals surface area contributed by atoms with Gasteiger partial charge in [0.15, 0.2) is 0 Å². The first-order valence-electron chi connectivity index (χ1n) is 12.2. The van der Waals surface area contributed by atoms with E-state index in [0.29, 0.717) is 18.6 Å². The Labute approximate surface area is 186 Å². The number of carbonyl (C=O) groups is 1. The average Bonchev–Trinajstić information content (AvgIpc) is 2.75. The summed E-state index contributed by atoms with van der Waals surface area (Å²) in [5, 5.41) is 6.68. The first-order chi connectivity index (χ1) is 15.1. The second kappa shape index (κ2) is 9.08. The van der Waals surface area contributed by atoms with Crippen LogP contribution < -0.4 is 15.4 Å². The van der Waals surface area contributed by atoms with E-state index in [-0.39, 0.29) is 11.4 Å². The molecule has 1 aromatic rings. The van der Waals surface area contributed by atoms with Crippen LogP contribution in [0.1, 0.15) is 51.4 Å². The van der Waals surface area contributed by atoms with Gasteiger partial charge in [0.1, 0.15) is 5.75 Å². The monoisotopic (exact) mass is 427 g/mol. The van der Waals surface area contributed by atoms with Crippen molar-refractivity contribution < 1.29 is 14.3 Å². The van der Waals surface area contributed by atoms with E-state index in [2.05, 4.69) is 15.5 Å². The van der Waals surface area contributed by atoms with Crippen LogP contribution in [0.2, 0.25) is 0 Å². The molecule has 6 rings (SSSR count). The first-order valence-corrected chi connectivity index (χ1v) is 12.2. The molecule has 1 atom stereocenters. The summed E-state index contributed by atoms with van der Waals surface area (Å²) in [6.45, 7) is 5.81. The molecule has 1 unspecified atom stereocenters. The minimum atomic E-state index is 0.0375. The highest BCUT2D eigenvalue weighted by molar-refractivity contribution is 5.92. The Morgan fingerprint density at radius 2 is 2.10 bits per heavy atom. The van der Waals surface area contributed by atoms with Crippen molar-refractivity contribution in [1.82, 2.24) is 10.2 Å². The third-order valence-electron chi connectivity index (χ3n) is 7.88. The highest BCUT2D eigenvalue weighted by Gasteiger charge is 2.60. The SMILES string of the molecule is O=C(CNC12CC3CCCC(C3)(C1)C2)Nc1cccc(OCCCN2CCOCC2)c1. The zero-order valence-electron chi connectivity index (χ0n) is 18.7. The summed E-state index contributed by atoms with van der Waals surface area (Å²) < 4.78 is 11.3. The van der Waals surface area contributed by atoms with E-state index >= 15 is 0 Å². The predicted octanol–water partition coefficient (Wildman–Crippen LogP) is 3.43. The molecule has 0 aromatic heterocycles. The summed E-state index contributed by atoms with van der Waals surface area (Å²) in [7, 11) is 0. The number of amides is 1. The van der Waals surface area contributed by atoms with Gasteiger partial charge in [-0.05, 0) is 62.0 Å². The molecule has 1 saturated heterocycles. The quantitative estimate of drug-likeness (QED) is 0.591. The molecule has 6 heteroatoms. The van der Waals surface area contributed by atoms with Crippen LogP contribution in [0, 0.1) is 11.3 Å². The van der Waals surface area contributed by atoms with Gasteiger partial charge in [0.2, 0.25) is 5.91 Å². The van der Waals surface area contributed by atoms with Gasteiger partial charge in [-0.2, -0.15) is 0 Å². The number of rotatable bonds is 9. The molecule has 1 heterocycles. The van der Waals surface area contributed by atoms with Gasteiger partial charge in [-0.1, -0.05) is 18.9 Å². The molecule has 170 valence electrons. The maximum atomic E-state index is 12.6. The topological polar surface area (TPSA) is 62.8 Å². The standard InChI is InChI=1S/C25H37N3O3/c29-23(17-26-25-16-20-4-2-7-24(15-20,18-25)19-25)27-21-5-1-6-22(14-21)31-11-3-8-28-9-12-30-13-10-28/h1,5-6,14,20,26H,2-4,7-13,15-19H2,(H,27,29). The van der Waals surface area contributed by atoms with Crippen LogP contribution in [0.3, 0.4) is 0 Å². The first kappa shape index (κ1) is 21.2. The second-order valence-corrected chi connectivity index (χ2v) is 10.4. The molecule has 1 amide bonds. The van der Waals surface area contributed by atoms with E-state index in [1.165, 1.54) is 44.9 Å². The summed E-state index contributed by atoms with van der Waals surface area (Å²) in [5.74, 6) is 1.73. The molecule has 5 fully saturated rings. The fourth-order valence-corrected chi connectivity index (χ4v) is 6.80. The number of hydrogen-bond acceptors (Lipinski definition) is 5. The van der Waals surface area contributed by atoms with Crippen LogP contribution in [0.25, 0.3) is 0 Å². The van der Waals surface area contributed by atoms with E-state index in [1.54, 1.807) is 0 Å². The van der Waals surface area contributed by atoms with Crippen LogP contribution >= 0.6 is 0 Å². The summed E-state index contributed by atoms with van der Waals surface area (Å²) >= 11 is 0. The molecule has 4 saturated carbocycles. The van der Waals surface area contributed by atoms with E-state index in [0.717, 1.165) is 56.6 Å². The van der Waals surface area contributed by atoms with Gasteiger partial charge in [0, 0.05) is 36.9 Å². The molecular formula is C25H37N3O3. The average molecular weight is 428 g/mol. The van der Waals surface area contributed by atoms with Crippen molar-refractivity contribution in [2.45, 2.75) is 56.9 Å². The van der Waals surface area contributed by atoms with Gasteiger partial charge >= 0.3 is 0 Å². The Morgan fingerprint density at radius 1 is 1.23 bits per heavy atom. The molecule has 3 bridgehead atoms. The lowest BCUT2D eigenvalue weighted by Crippen LogP contribution is -2.67. The zero-order chi connectivity index (χ0) is 21.2. The van der Waals surface area contributed by atoms with Crippen LogP contribution in [-0.2, 0) is 9.53 Å². The number of nitrogens with zero attached hydrogens (tertiary/aromatic N) is 1. The number of carbonyl (C=O) groups excluding carboxylic acids is 1. The number of nitrogens with one attached hydrogen (secondary N) is 2. The summed E-state index contributed by atoms with van der Waals surface area (Å²) in [6.07, 6.45) is 10.4. The Kier molecular flexibility index (Phi) is 6.22. The van der Waals surface area contributed by atoms with Crippen molar-refractivity contribution >= 4 is 11.6 Å². The van der Waals surface area contributed by atoms with Crippen molar-refractivity contribution in [3.63, 3.8) is 0 Å². The lowest BCUT2D eigenvalue weighted by Gasteiger charge is -2.65. The molecule has 1 aliphatic heterocycles. The van der Waals surface area contributed by atoms with E-state index in [9.17, 15) is 4.79 Å². The summed E-state index contributed by atoms with van der Waals surface area (Å²) in [6, 6.07) is 7.75. The largest absolute Gasteiger partial charge is 0.493 e. The van der Waals surface area contributed by atoms with Gasteiger partial charge < -0.3 is 20.1 Å². The zero-order valence-corrected chi connectivity index (χ0v) is 18.7. The highest BCUT2D eigenvalue weighted by Crippen LogP contribution is 2.65. The van der Waals surface area contributed by atoms with Crippen LogP contribution in [-0.4, -0.2) is 62.3 Å². The smallest absolute Gasteiger partial charge is 0.238 e. The van der Waals surface area contributed by atoms with Crippen molar-refractivity contribution in [3.05, 3.63) is 24.3 Å². The fraction of sp³-hybridized carbons (Fsp3) is 0.720. The Hall–Kier alpha value is -1.63. The van der Waals surface area contributed by atoms with Crippen molar-refractivity contribution in [1.29, 1.82) is 0 Å². The summed E-state index contributed by atoms with van der Waals surface area (Å²) in [5.41, 5.74) is 1.64. The number of ether oxygens (including phenoxy) is 2. The maximum Gasteiger partial charge on any atom is 0.238 e. The molecule has 6 nitrogen and oxygen atoms in total. The minimum Gasteiger partial charge on any atom is -0.493 e. The Morgan fingerprint density at radius 3 is 2.94 bits per heavy atom. The molecular weight excluding hydrogens is 390 g/mol. The number of benzene rings is 1. The second-order valence-electron chi connectivity index (χ2n) is 10.4. The van der Waals surface area contributed by atoms with Crippen molar-refractivity contribution in [2.24, 2.45) is 11.3 Å². The third kappa shape index (κ3) is 5.07. The van der Waals surface area contributed by atoms with Gasteiger partial charge in [0.25, 0.3) is 0 Å².